The molecule has 0 unspecified atom stereocenters. The van der Waals surface area contributed by atoms with E-state index in [2.05, 4.69) is 20.1 Å². The van der Waals surface area contributed by atoms with Gasteiger partial charge in [0.05, 0.1) is 28.2 Å². The Morgan fingerprint density at radius 3 is 2.50 bits per heavy atom. The summed E-state index contributed by atoms with van der Waals surface area (Å²) >= 11 is 0. The van der Waals surface area contributed by atoms with Gasteiger partial charge in [0.1, 0.15) is 5.65 Å². The van der Waals surface area contributed by atoms with Crippen molar-refractivity contribution in [2.75, 3.05) is 33.0 Å². The molecular weight excluding hydrogens is 458 g/mol. The molecule has 4 N–H and O–H groups in total. The van der Waals surface area contributed by atoms with E-state index in [1.807, 2.05) is 10.9 Å². The highest BCUT2D eigenvalue weighted by Crippen LogP contribution is 2.37. The van der Waals surface area contributed by atoms with Crippen molar-refractivity contribution in [3.8, 4) is 22.4 Å². The van der Waals surface area contributed by atoms with Crippen LogP contribution in [0.2, 0.25) is 0 Å². The van der Waals surface area contributed by atoms with Crippen molar-refractivity contribution >= 4 is 27.0 Å². The third-order valence-corrected chi connectivity index (χ3v) is 7.89. The van der Waals surface area contributed by atoms with Gasteiger partial charge >= 0.3 is 0 Å². The molecule has 12 heteroatoms. The molecule has 3 aromatic heterocycles. The van der Waals surface area contributed by atoms with Crippen molar-refractivity contribution < 1.29 is 13.2 Å². The summed E-state index contributed by atoms with van der Waals surface area (Å²) in [7, 11) is -0.601. The fourth-order valence-electron chi connectivity index (χ4n) is 4.25. The molecule has 0 saturated carbocycles. The second-order valence-electron chi connectivity index (χ2n) is 8.41. The highest BCUT2D eigenvalue weighted by Gasteiger charge is 2.23. The van der Waals surface area contributed by atoms with E-state index in [1.54, 1.807) is 18.3 Å². The van der Waals surface area contributed by atoms with Gasteiger partial charge in [-0.3, -0.25) is 14.5 Å². The first-order valence-corrected chi connectivity index (χ1v) is 12.3. The van der Waals surface area contributed by atoms with Crippen molar-refractivity contribution in [2.24, 2.45) is 0 Å². The third kappa shape index (κ3) is 3.79. The predicted octanol–water partition coefficient (Wildman–Crippen LogP) is 1.97. The van der Waals surface area contributed by atoms with Crippen molar-refractivity contribution in [2.45, 2.75) is 23.8 Å². The van der Waals surface area contributed by atoms with Crippen LogP contribution in [0.25, 0.3) is 33.4 Å². The summed E-state index contributed by atoms with van der Waals surface area (Å²) in [6, 6.07) is 6.70. The number of nitrogens with two attached hydrogens (primary N) is 1. The number of ether oxygens (including phenoxy) is 1. The van der Waals surface area contributed by atoms with Crippen LogP contribution in [0, 0.1) is 0 Å². The number of aromatic nitrogens is 5. The summed E-state index contributed by atoms with van der Waals surface area (Å²) < 4.78 is 33.5. The Labute approximate surface area is 195 Å². The number of fused-ring (bicyclic) bond motifs is 1. The van der Waals surface area contributed by atoms with Gasteiger partial charge in [-0.2, -0.15) is 10.1 Å². The van der Waals surface area contributed by atoms with Crippen LogP contribution in [-0.4, -0.2) is 64.8 Å². The number of sulfonamides is 1. The summed E-state index contributed by atoms with van der Waals surface area (Å²) in [6.07, 6.45) is 5.37. The summed E-state index contributed by atoms with van der Waals surface area (Å²) in [5.74, 6) is 0.00201. The molecule has 0 spiro atoms. The zero-order chi connectivity index (χ0) is 24.0. The van der Waals surface area contributed by atoms with Gasteiger partial charge in [-0.15, -0.1) is 0 Å². The van der Waals surface area contributed by atoms with Gasteiger partial charge in [-0.05, 0) is 30.5 Å². The van der Waals surface area contributed by atoms with Crippen molar-refractivity contribution in [3.05, 3.63) is 47.0 Å². The monoisotopic (exact) mass is 483 g/mol. The van der Waals surface area contributed by atoms with Crippen LogP contribution >= 0.6 is 0 Å². The highest BCUT2D eigenvalue weighted by molar-refractivity contribution is 7.89. The number of hydrogen-bond acceptors (Lipinski definition) is 7. The third-order valence-electron chi connectivity index (χ3n) is 6.06. The Kier molecular flexibility index (Phi) is 5.50. The molecule has 0 amide bonds. The quantitative estimate of drug-likeness (QED) is 0.392. The number of H-pyrrole nitrogens is 2. The molecule has 5 rings (SSSR count). The standard InChI is InChI=1S/C22H25N7O4S/c1-28(2)34(31,32)16-5-3-13(4-6-16)19-17(18-20(25-19)26-22(23)27-21(18)30)14-11-24-29(12-14)15-7-9-33-10-8-15/h3-6,11-12,15H,7-10H2,1-2H3,(H4,23,25,26,27,30). The van der Waals surface area contributed by atoms with E-state index in [-0.39, 0.29) is 22.4 Å². The molecule has 4 heterocycles. The average Bonchev–Trinajstić information content (AvgIpc) is 3.44. The Bertz CT molecular complexity index is 1510. The molecule has 0 radical (unpaired) electrons. The highest BCUT2D eigenvalue weighted by atomic mass is 32.2. The predicted molar refractivity (Wildman–Crippen MR) is 128 cm³/mol. The maximum atomic E-state index is 12.9. The normalized spacial score (nSPS) is 15.4. The summed E-state index contributed by atoms with van der Waals surface area (Å²) in [6.45, 7) is 1.37. The maximum Gasteiger partial charge on any atom is 0.262 e. The summed E-state index contributed by atoms with van der Waals surface area (Å²) in [5.41, 5.74) is 8.44. The van der Waals surface area contributed by atoms with Gasteiger partial charge in [0.25, 0.3) is 5.56 Å². The molecule has 4 aromatic rings. The topological polar surface area (TPSA) is 152 Å². The zero-order valence-corrected chi connectivity index (χ0v) is 19.6. The lowest BCUT2D eigenvalue weighted by atomic mass is 10.0. The molecule has 0 atom stereocenters. The van der Waals surface area contributed by atoms with Crippen LogP contribution in [0.3, 0.4) is 0 Å². The summed E-state index contributed by atoms with van der Waals surface area (Å²) in [4.78, 5) is 23.1. The lowest BCUT2D eigenvalue weighted by Crippen LogP contribution is -2.22. The second kappa shape index (κ2) is 8.38. The molecule has 1 aliphatic heterocycles. The van der Waals surface area contributed by atoms with E-state index in [1.165, 1.54) is 26.2 Å². The van der Waals surface area contributed by atoms with E-state index in [0.29, 0.717) is 41.1 Å². The minimum Gasteiger partial charge on any atom is -0.381 e. The van der Waals surface area contributed by atoms with Gasteiger partial charge < -0.3 is 15.5 Å². The molecule has 1 saturated heterocycles. The van der Waals surface area contributed by atoms with Crippen LogP contribution in [0.5, 0.6) is 0 Å². The van der Waals surface area contributed by atoms with E-state index >= 15 is 0 Å². The average molecular weight is 484 g/mol. The first kappa shape index (κ1) is 22.3. The second-order valence-corrected chi connectivity index (χ2v) is 10.6. The number of nitrogen functional groups attached to an aromatic ring is 1. The molecule has 1 fully saturated rings. The minimum atomic E-state index is -3.57. The molecule has 34 heavy (non-hydrogen) atoms. The number of benzene rings is 1. The van der Waals surface area contributed by atoms with Crippen LogP contribution in [-0.2, 0) is 14.8 Å². The SMILES string of the molecule is CN(C)S(=O)(=O)c1ccc(-c2[nH]c3nc(N)[nH]c(=O)c3c2-c2cnn(C3CCOCC3)c2)cc1. The number of aromatic amines is 2. The van der Waals surface area contributed by atoms with Gasteiger partial charge in [0, 0.05) is 44.6 Å². The number of nitrogens with one attached hydrogen (secondary N) is 2. The van der Waals surface area contributed by atoms with Crippen LogP contribution < -0.4 is 11.3 Å². The van der Waals surface area contributed by atoms with Crippen LogP contribution in [0.4, 0.5) is 5.95 Å². The first-order valence-electron chi connectivity index (χ1n) is 10.8. The van der Waals surface area contributed by atoms with E-state index < -0.39 is 10.0 Å². The van der Waals surface area contributed by atoms with Crippen molar-refractivity contribution in [1.29, 1.82) is 0 Å². The maximum absolute atomic E-state index is 12.9. The van der Waals surface area contributed by atoms with E-state index in [0.717, 1.165) is 22.7 Å². The smallest absolute Gasteiger partial charge is 0.262 e. The summed E-state index contributed by atoms with van der Waals surface area (Å²) in [5, 5.41) is 4.92. The first-order chi connectivity index (χ1) is 16.3. The Morgan fingerprint density at radius 2 is 1.82 bits per heavy atom. The number of rotatable bonds is 5. The molecule has 11 nitrogen and oxygen atoms in total. The number of hydrogen-bond donors (Lipinski definition) is 3. The Morgan fingerprint density at radius 1 is 1.12 bits per heavy atom. The Balaban J connectivity index is 1.66. The minimum absolute atomic E-state index is 0.00201. The largest absolute Gasteiger partial charge is 0.381 e. The number of anilines is 1. The van der Waals surface area contributed by atoms with Gasteiger partial charge in [-0.25, -0.2) is 12.7 Å². The van der Waals surface area contributed by atoms with Crippen molar-refractivity contribution in [3.63, 3.8) is 0 Å². The fraction of sp³-hybridized carbons (Fsp3) is 0.318. The zero-order valence-electron chi connectivity index (χ0n) is 18.8. The molecule has 1 aliphatic rings. The van der Waals surface area contributed by atoms with Gasteiger partial charge in [-0.1, -0.05) is 12.1 Å². The fourth-order valence-corrected chi connectivity index (χ4v) is 5.15. The molecule has 1 aromatic carbocycles. The molecular formula is C22H25N7O4S. The van der Waals surface area contributed by atoms with E-state index in [4.69, 9.17) is 10.5 Å². The van der Waals surface area contributed by atoms with Gasteiger partial charge in [0.2, 0.25) is 16.0 Å². The lowest BCUT2D eigenvalue weighted by molar-refractivity contribution is 0.0662. The van der Waals surface area contributed by atoms with E-state index in [9.17, 15) is 13.2 Å². The van der Waals surface area contributed by atoms with Crippen LogP contribution in [0.1, 0.15) is 18.9 Å². The molecule has 0 bridgehead atoms. The van der Waals surface area contributed by atoms with Gasteiger partial charge in [0.15, 0.2) is 0 Å². The van der Waals surface area contributed by atoms with Crippen molar-refractivity contribution in [1.82, 2.24) is 29.0 Å². The van der Waals surface area contributed by atoms with Crippen LogP contribution in [0.15, 0.2) is 46.3 Å². The molecule has 178 valence electrons. The lowest BCUT2D eigenvalue weighted by Gasteiger charge is -2.22. The number of nitrogens with zero attached hydrogens (tertiary/aromatic N) is 4. The molecule has 0 aliphatic carbocycles. The Hall–Kier alpha value is -3.48.